The number of aliphatic imine (C=N–C) groups is 1. The normalized spacial score (nSPS) is 17.5. The van der Waals surface area contributed by atoms with Gasteiger partial charge in [0.05, 0.1) is 18.4 Å². The lowest BCUT2D eigenvalue weighted by Gasteiger charge is -2.30. The number of hydrogen-bond acceptors (Lipinski definition) is 6. The molecule has 0 saturated carbocycles. The van der Waals surface area contributed by atoms with Crippen LogP contribution in [0, 0.1) is 0 Å². The van der Waals surface area contributed by atoms with Gasteiger partial charge in [-0.3, -0.25) is 19.8 Å². The number of nitrogens with one attached hydrogen (secondary N) is 1. The first-order valence-electron chi connectivity index (χ1n) is 7.02. The van der Waals surface area contributed by atoms with Gasteiger partial charge in [-0.05, 0) is 18.2 Å². The zero-order chi connectivity index (χ0) is 14.9. The molecule has 4 heterocycles. The van der Waals surface area contributed by atoms with Crippen molar-refractivity contribution in [2.24, 2.45) is 4.99 Å². The third-order valence-corrected chi connectivity index (χ3v) is 3.67. The molecule has 2 aromatic heterocycles. The second-order valence-electron chi connectivity index (χ2n) is 5.04. The summed E-state index contributed by atoms with van der Waals surface area (Å²) in [4.78, 5) is 27.0. The lowest BCUT2D eigenvalue weighted by Crippen LogP contribution is -2.36. The van der Waals surface area contributed by atoms with E-state index in [1.165, 1.54) is 0 Å². The summed E-state index contributed by atoms with van der Waals surface area (Å²) in [5, 5.41) is 3.27. The Balaban J connectivity index is 1.73. The second kappa shape index (κ2) is 5.07. The highest BCUT2D eigenvalue weighted by Gasteiger charge is 2.29. The molecule has 2 aliphatic rings. The number of carbonyl (C=O) groups excluding carboxylic acids is 1. The summed E-state index contributed by atoms with van der Waals surface area (Å²) in [6.45, 7) is 1.48. The minimum Gasteiger partial charge on any atom is -0.340 e. The average molecular weight is 291 g/mol. The molecular formula is C16H13N5O. The number of pyridine rings is 2. The number of ketones is 1. The van der Waals surface area contributed by atoms with Gasteiger partial charge in [0.1, 0.15) is 11.7 Å². The fourth-order valence-corrected chi connectivity index (χ4v) is 2.64. The molecule has 0 spiro atoms. The largest absolute Gasteiger partial charge is 0.340 e. The van der Waals surface area contributed by atoms with E-state index in [2.05, 4.69) is 20.3 Å². The van der Waals surface area contributed by atoms with Crippen LogP contribution in [-0.4, -0.2) is 39.6 Å². The Morgan fingerprint density at radius 1 is 1.23 bits per heavy atom. The number of fused-ring (bicyclic) bond motifs is 3. The Kier molecular flexibility index (Phi) is 2.93. The number of anilines is 1. The molecule has 108 valence electrons. The van der Waals surface area contributed by atoms with Crippen LogP contribution >= 0.6 is 0 Å². The number of aromatic nitrogens is 2. The van der Waals surface area contributed by atoms with Crippen molar-refractivity contribution >= 4 is 17.3 Å². The van der Waals surface area contributed by atoms with E-state index in [0.29, 0.717) is 5.56 Å². The quantitative estimate of drug-likeness (QED) is 0.673. The van der Waals surface area contributed by atoms with Crippen LogP contribution in [0.1, 0.15) is 15.9 Å². The van der Waals surface area contributed by atoms with E-state index in [1.807, 2.05) is 11.0 Å². The summed E-state index contributed by atoms with van der Waals surface area (Å²) < 4.78 is 0. The first-order valence-corrected chi connectivity index (χ1v) is 7.02. The smallest absolute Gasteiger partial charge is 0.191 e. The molecule has 0 atom stereocenters. The third kappa shape index (κ3) is 2.05. The number of nitrogens with zero attached hydrogens (tertiary/aromatic N) is 4. The van der Waals surface area contributed by atoms with Crippen LogP contribution in [0.4, 0.5) is 5.69 Å². The molecular weight excluding hydrogens is 278 g/mol. The highest BCUT2D eigenvalue weighted by atomic mass is 16.1. The summed E-state index contributed by atoms with van der Waals surface area (Å²) in [7, 11) is 0. The van der Waals surface area contributed by atoms with Crippen LogP contribution in [0.15, 0.2) is 59.9 Å². The van der Waals surface area contributed by atoms with Crippen LogP contribution < -0.4 is 5.32 Å². The van der Waals surface area contributed by atoms with Crippen LogP contribution in [0.25, 0.3) is 0 Å². The molecule has 0 fully saturated rings. The molecule has 0 radical (unpaired) electrons. The van der Waals surface area contributed by atoms with Gasteiger partial charge in [0.15, 0.2) is 5.78 Å². The van der Waals surface area contributed by atoms with E-state index >= 15 is 0 Å². The molecule has 6 heteroatoms. The fraction of sp³-hybridized carbons (Fsp3) is 0.125. The van der Waals surface area contributed by atoms with Gasteiger partial charge in [-0.25, -0.2) is 0 Å². The van der Waals surface area contributed by atoms with Crippen LogP contribution in [0.3, 0.4) is 0 Å². The maximum Gasteiger partial charge on any atom is 0.191 e. The van der Waals surface area contributed by atoms with Crippen molar-refractivity contribution in [2.75, 3.05) is 18.4 Å². The molecule has 0 unspecified atom stereocenters. The Hall–Kier alpha value is -3.02. The molecule has 1 N–H and O–H groups in total. The number of allylic oxidation sites excluding steroid dienone is 1. The van der Waals surface area contributed by atoms with E-state index in [1.54, 1.807) is 43.0 Å². The van der Waals surface area contributed by atoms with Gasteiger partial charge < -0.3 is 10.2 Å². The van der Waals surface area contributed by atoms with E-state index < -0.39 is 0 Å². The van der Waals surface area contributed by atoms with Crippen LogP contribution in [0.5, 0.6) is 0 Å². The second-order valence-corrected chi connectivity index (χ2v) is 5.04. The predicted molar refractivity (Wildman–Crippen MR) is 82.6 cm³/mol. The summed E-state index contributed by atoms with van der Waals surface area (Å²) in [5.74, 6) is 1.53. The Labute approximate surface area is 127 Å². The molecule has 22 heavy (non-hydrogen) atoms. The highest BCUT2D eigenvalue weighted by Crippen LogP contribution is 2.29. The molecule has 0 amide bonds. The minimum absolute atomic E-state index is 0.0887. The van der Waals surface area contributed by atoms with Crippen molar-refractivity contribution in [2.45, 2.75) is 0 Å². The topological polar surface area (TPSA) is 70.5 Å². The maximum absolute atomic E-state index is 12.4. The van der Waals surface area contributed by atoms with E-state index in [-0.39, 0.29) is 5.78 Å². The van der Waals surface area contributed by atoms with Gasteiger partial charge in [0, 0.05) is 42.3 Å². The zero-order valence-corrected chi connectivity index (χ0v) is 11.7. The maximum atomic E-state index is 12.4. The summed E-state index contributed by atoms with van der Waals surface area (Å²) in [6, 6.07) is 5.44. The number of carbonyl (C=O) groups is 1. The third-order valence-electron chi connectivity index (χ3n) is 3.67. The van der Waals surface area contributed by atoms with Crippen molar-refractivity contribution in [3.63, 3.8) is 0 Å². The van der Waals surface area contributed by atoms with Gasteiger partial charge in [0.2, 0.25) is 0 Å². The lowest BCUT2D eigenvalue weighted by atomic mass is 10.1. The molecule has 2 aliphatic heterocycles. The molecule has 0 aromatic carbocycles. The molecule has 2 aromatic rings. The standard InChI is InChI=1S/C16H13N5O/c22-14(11-2-1-4-17-9-11)8-15-20-13-10-18-5-3-12(13)16-19-6-7-21(15)16/h1-5,8-10,20H,6-7H2/b15-8+. The summed E-state index contributed by atoms with van der Waals surface area (Å²) >= 11 is 0. The van der Waals surface area contributed by atoms with E-state index in [9.17, 15) is 4.79 Å². The predicted octanol–water partition coefficient (Wildman–Crippen LogP) is 1.69. The molecule has 0 aliphatic carbocycles. The van der Waals surface area contributed by atoms with E-state index in [0.717, 1.165) is 36.0 Å². The van der Waals surface area contributed by atoms with Crippen molar-refractivity contribution < 1.29 is 4.79 Å². The monoisotopic (exact) mass is 291 g/mol. The van der Waals surface area contributed by atoms with Crippen LogP contribution in [0.2, 0.25) is 0 Å². The first-order chi connectivity index (χ1) is 10.8. The van der Waals surface area contributed by atoms with Crippen molar-refractivity contribution in [3.05, 3.63) is 66.0 Å². The average Bonchev–Trinajstić information content (AvgIpc) is 3.06. The van der Waals surface area contributed by atoms with Gasteiger partial charge in [-0.1, -0.05) is 0 Å². The van der Waals surface area contributed by atoms with Crippen molar-refractivity contribution in [3.8, 4) is 0 Å². The lowest BCUT2D eigenvalue weighted by molar-refractivity contribution is 0.104. The van der Waals surface area contributed by atoms with Gasteiger partial charge in [-0.15, -0.1) is 0 Å². The van der Waals surface area contributed by atoms with Gasteiger partial charge >= 0.3 is 0 Å². The molecule has 0 bridgehead atoms. The minimum atomic E-state index is -0.0887. The molecule has 4 rings (SSSR count). The molecule has 6 nitrogen and oxygen atoms in total. The summed E-state index contributed by atoms with van der Waals surface area (Å²) in [6.07, 6.45) is 8.30. The Bertz CT molecular complexity index is 797. The molecule has 0 saturated heterocycles. The highest BCUT2D eigenvalue weighted by molar-refractivity contribution is 6.10. The number of rotatable bonds is 2. The Morgan fingerprint density at radius 3 is 3.00 bits per heavy atom. The van der Waals surface area contributed by atoms with E-state index in [4.69, 9.17) is 0 Å². The SMILES string of the molecule is O=C(/C=C1\Nc2cnccc2C2=NCCN21)c1cccnc1. The zero-order valence-electron chi connectivity index (χ0n) is 11.7. The number of hydrogen-bond donors (Lipinski definition) is 1. The van der Waals surface area contributed by atoms with Gasteiger partial charge in [0.25, 0.3) is 0 Å². The summed E-state index contributed by atoms with van der Waals surface area (Å²) in [5.41, 5.74) is 2.44. The first kappa shape index (κ1) is 12.7. The van der Waals surface area contributed by atoms with Crippen LogP contribution in [-0.2, 0) is 0 Å². The van der Waals surface area contributed by atoms with Crippen molar-refractivity contribution in [1.82, 2.24) is 14.9 Å². The number of amidine groups is 1. The fourth-order valence-electron chi connectivity index (χ4n) is 2.64. The Morgan fingerprint density at radius 2 is 2.14 bits per heavy atom. The van der Waals surface area contributed by atoms with Crippen molar-refractivity contribution in [1.29, 1.82) is 0 Å². The van der Waals surface area contributed by atoms with Gasteiger partial charge in [-0.2, -0.15) is 0 Å².